The molecule has 1 aliphatic rings. The highest BCUT2D eigenvalue weighted by Gasteiger charge is 2.47. The fourth-order valence-corrected chi connectivity index (χ4v) is 3.89. The Kier molecular flexibility index (Phi) is 5.89. The number of rotatable bonds is 4. The molecule has 35 heavy (non-hydrogen) atoms. The first-order valence-electron chi connectivity index (χ1n) is 10.3. The summed E-state index contributed by atoms with van der Waals surface area (Å²) in [5.74, 6) is -2.74. The Hall–Kier alpha value is -4.47. The number of hydrogen-bond acceptors (Lipinski definition) is 5. The zero-order chi connectivity index (χ0) is 25.5. The van der Waals surface area contributed by atoms with Gasteiger partial charge in [0.2, 0.25) is 0 Å². The van der Waals surface area contributed by atoms with E-state index in [1.54, 1.807) is 12.1 Å². The SMILES string of the molecule is Cc1ccc(/C(O)=C2/C(=O)C(=O)N(c3cccc(C(F)(F)F)c3)C2c2ccc([N+](=O)[O-])cc2)cc1. The van der Waals surface area contributed by atoms with Gasteiger partial charge < -0.3 is 5.11 Å². The summed E-state index contributed by atoms with van der Waals surface area (Å²) < 4.78 is 40.0. The molecule has 0 spiro atoms. The number of amides is 1. The van der Waals surface area contributed by atoms with E-state index in [1.807, 2.05) is 6.92 Å². The highest BCUT2D eigenvalue weighted by molar-refractivity contribution is 6.51. The van der Waals surface area contributed by atoms with Crippen molar-refractivity contribution in [3.63, 3.8) is 0 Å². The molecule has 178 valence electrons. The largest absolute Gasteiger partial charge is 0.507 e. The number of carbonyl (C=O) groups is 2. The summed E-state index contributed by atoms with van der Waals surface area (Å²) in [5, 5.41) is 22.1. The van der Waals surface area contributed by atoms with Gasteiger partial charge in [0.1, 0.15) is 5.76 Å². The number of non-ortho nitro benzene ring substituents is 1. The number of nitro groups is 1. The second-order valence-corrected chi connectivity index (χ2v) is 7.93. The van der Waals surface area contributed by atoms with Crippen LogP contribution >= 0.6 is 0 Å². The van der Waals surface area contributed by atoms with Crippen molar-refractivity contribution < 1.29 is 32.8 Å². The molecule has 1 amide bonds. The van der Waals surface area contributed by atoms with Crippen molar-refractivity contribution >= 4 is 28.8 Å². The zero-order valence-corrected chi connectivity index (χ0v) is 18.1. The fraction of sp³-hybridized carbons (Fsp3) is 0.120. The molecular formula is C25H17F3N2O5. The first-order valence-corrected chi connectivity index (χ1v) is 10.3. The van der Waals surface area contributed by atoms with Crippen molar-refractivity contribution in [2.24, 2.45) is 0 Å². The smallest absolute Gasteiger partial charge is 0.416 e. The van der Waals surface area contributed by atoms with E-state index in [0.717, 1.165) is 40.8 Å². The molecule has 1 aliphatic heterocycles. The molecule has 4 rings (SSSR count). The number of benzene rings is 3. The lowest BCUT2D eigenvalue weighted by molar-refractivity contribution is -0.384. The Labute approximate surface area is 196 Å². The Bertz CT molecular complexity index is 1360. The van der Waals surface area contributed by atoms with Gasteiger partial charge in [0, 0.05) is 23.4 Å². The van der Waals surface area contributed by atoms with Crippen LogP contribution in [0.1, 0.15) is 28.3 Å². The minimum atomic E-state index is -4.70. The van der Waals surface area contributed by atoms with E-state index in [0.29, 0.717) is 0 Å². The van der Waals surface area contributed by atoms with Gasteiger partial charge in [-0.3, -0.25) is 24.6 Å². The Morgan fingerprint density at radius 3 is 2.20 bits per heavy atom. The van der Waals surface area contributed by atoms with E-state index in [1.165, 1.54) is 30.3 Å². The first kappa shape index (κ1) is 23.7. The lowest BCUT2D eigenvalue weighted by Gasteiger charge is -2.26. The maximum absolute atomic E-state index is 13.3. The number of halogens is 3. The number of nitro benzene ring substituents is 1. The van der Waals surface area contributed by atoms with Crippen molar-refractivity contribution in [1.29, 1.82) is 0 Å². The fourth-order valence-electron chi connectivity index (χ4n) is 3.89. The first-order chi connectivity index (χ1) is 16.5. The van der Waals surface area contributed by atoms with Gasteiger partial charge in [-0.1, -0.05) is 35.9 Å². The van der Waals surface area contributed by atoms with Crippen molar-refractivity contribution in [1.82, 2.24) is 0 Å². The third-order valence-electron chi connectivity index (χ3n) is 5.64. The Morgan fingerprint density at radius 1 is 1.00 bits per heavy atom. The zero-order valence-electron chi connectivity index (χ0n) is 18.1. The number of ketones is 1. The van der Waals surface area contributed by atoms with Crippen LogP contribution < -0.4 is 4.90 Å². The molecule has 1 unspecified atom stereocenters. The number of aliphatic hydroxyl groups excluding tert-OH is 1. The highest BCUT2D eigenvalue weighted by atomic mass is 19.4. The molecular weight excluding hydrogens is 465 g/mol. The third kappa shape index (κ3) is 4.37. The summed E-state index contributed by atoms with van der Waals surface area (Å²) in [6.07, 6.45) is -4.70. The summed E-state index contributed by atoms with van der Waals surface area (Å²) >= 11 is 0. The molecule has 3 aromatic rings. The second kappa shape index (κ2) is 8.71. The quantitative estimate of drug-likeness (QED) is 0.173. The van der Waals surface area contributed by atoms with E-state index in [2.05, 4.69) is 0 Å². The summed E-state index contributed by atoms with van der Waals surface area (Å²) in [6.45, 7) is 1.81. The third-order valence-corrected chi connectivity index (χ3v) is 5.64. The van der Waals surface area contributed by atoms with Crippen LogP contribution in [0.4, 0.5) is 24.5 Å². The maximum Gasteiger partial charge on any atom is 0.416 e. The molecule has 0 saturated carbocycles. The van der Waals surface area contributed by atoms with Gasteiger partial charge in [-0.2, -0.15) is 13.2 Å². The van der Waals surface area contributed by atoms with Gasteiger partial charge in [0.25, 0.3) is 17.4 Å². The van der Waals surface area contributed by atoms with Crippen LogP contribution in [-0.2, 0) is 15.8 Å². The molecule has 1 saturated heterocycles. The number of carbonyl (C=O) groups excluding carboxylic acids is 2. The van der Waals surface area contributed by atoms with E-state index >= 15 is 0 Å². The van der Waals surface area contributed by atoms with Crippen molar-refractivity contribution in [3.8, 4) is 0 Å². The van der Waals surface area contributed by atoms with Gasteiger partial charge in [0.05, 0.1) is 22.1 Å². The van der Waals surface area contributed by atoms with Gasteiger partial charge in [-0.25, -0.2) is 0 Å². The van der Waals surface area contributed by atoms with Crippen LogP contribution in [-0.4, -0.2) is 21.7 Å². The standard InChI is InChI=1S/C25H17F3N2O5/c1-14-5-7-16(8-6-14)22(31)20-21(15-9-11-18(12-10-15)30(34)35)29(24(33)23(20)32)19-4-2-3-17(13-19)25(26,27)28/h2-13,21,31H,1H3/b22-20-. The minimum absolute atomic E-state index is 0.195. The van der Waals surface area contributed by atoms with Crippen LogP contribution in [0.25, 0.3) is 5.76 Å². The maximum atomic E-state index is 13.3. The van der Waals surface area contributed by atoms with Crippen LogP contribution in [0.2, 0.25) is 0 Å². The average molecular weight is 482 g/mol. The summed E-state index contributed by atoms with van der Waals surface area (Å²) in [7, 11) is 0. The Balaban J connectivity index is 1.94. The highest BCUT2D eigenvalue weighted by Crippen LogP contribution is 2.43. The summed E-state index contributed by atoms with van der Waals surface area (Å²) in [6, 6.07) is 13.9. The number of Topliss-reactive ketones (excluding diaryl/α,β-unsaturated/α-hetero) is 1. The summed E-state index contributed by atoms with van der Waals surface area (Å²) in [4.78, 5) is 37.4. The molecule has 3 aromatic carbocycles. The van der Waals surface area contributed by atoms with Gasteiger partial charge in [-0.05, 0) is 42.8 Å². The van der Waals surface area contributed by atoms with Crippen molar-refractivity contribution in [3.05, 3.63) is 111 Å². The molecule has 1 atom stereocenters. The van der Waals surface area contributed by atoms with E-state index in [-0.39, 0.29) is 28.1 Å². The normalized spacial score (nSPS) is 17.6. The van der Waals surface area contributed by atoms with Crippen molar-refractivity contribution in [2.75, 3.05) is 4.90 Å². The minimum Gasteiger partial charge on any atom is -0.507 e. The van der Waals surface area contributed by atoms with Crippen LogP contribution in [0, 0.1) is 17.0 Å². The molecule has 1 N–H and O–H groups in total. The lowest BCUT2D eigenvalue weighted by atomic mass is 9.94. The molecule has 10 heteroatoms. The molecule has 0 aromatic heterocycles. The second-order valence-electron chi connectivity index (χ2n) is 7.93. The number of hydrogen-bond donors (Lipinski definition) is 1. The molecule has 0 aliphatic carbocycles. The van der Waals surface area contributed by atoms with Gasteiger partial charge in [0.15, 0.2) is 0 Å². The monoisotopic (exact) mass is 482 g/mol. The number of anilines is 1. The lowest BCUT2D eigenvalue weighted by Crippen LogP contribution is -2.29. The van der Waals surface area contributed by atoms with E-state index < -0.39 is 40.2 Å². The van der Waals surface area contributed by atoms with Gasteiger partial charge >= 0.3 is 6.18 Å². The molecule has 7 nitrogen and oxygen atoms in total. The predicted octanol–water partition coefficient (Wildman–Crippen LogP) is 5.55. The van der Waals surface area contributed by atoms with Crippen LogP contribution in [0.15, 0.2) is 78.4 Å². The Morgan fingerprint density at radius 2 is 1.63 bits per heavy atom. The number of nitrogens with zero attached hydrogens (tertiary/aromatic N) is 2. The molecule has 1 heterocycles. The van der Waals surface area contributed by atoms with Crippen molar-refractivity contribution in [2.45, 2.75) is 19.1 Å². The molecule has 1 fully saturated rings. The van der Waals surface area contributed by atoms with E-state index in [4.69, 9.17) is 0 Å². The predicted molar refractivity (Wildman–Crippen MR) is 121 cm³/mol. The topological polar surface area (TPSA) is 101 Å². The van der Waals surface area contributed by atoms with Crippen LogP contribution in [0.3, 0.4) is 0 Å². The van der Waals surface area contributed by atoms with E-state index in [9.17, 15) is 38.0 Å². The van der Waals surface area contributed by atoms with Gasteiger partial charge in [-0.15, -0.1) is 0 Å². The number of aliphatic hydroxyl groups is 1. The van der Waals surface area contributed by atoms with Crippen LogP contribution in [0.5, 0.6) is 0 Å². The average Bonchev–Trinajstić information content (AvgIpc) is 3.09. The summed E-state index contributed by atoms with van der Waals surface area (Å²) in [5.41, 5.74) is -0.553. The molecule has 0 bridgehead atoms. The number of alkyl halides is 3. The number of aryl methyl sites for hydroxylation is 1. The molecule has 0 radical (unpaired) electrons.